The van der Waals surface area contributed by atoms with E-state index >= 15 is 0 Å². The maximum atomic E-state index is 12.2. The maximum absolute atomic E-state index is 12.2. The van der Waals surface area contributed by atoms with Gasteiger partial charge in [-0.15, -0.1) is 0 Å². The molecule has 1 atom stereocenters. The monoisotopic (exact) mass is 429 g/mol. The fraction of sp³-hybridized carbons (Fsp3) is 0.0526. The number of aromatic amines is 1. The van der Waals surface area contributed by atoms with E-state index in [0.29, 0.717) is 16.3 Å². The number of nitrogens with zero attached hydrogens (tertiary/aromatic N) is 1. The number of hydrogen-bond acceptors (Lipinski definition) is 6. The molecule has 0 saturated carbocycles. The van der Waals surface area contributed by atoms with Crippen molar-refractivity contribution in [3.63, 3.8) is 0 Å². The van der Waals surface area contributed by atoms with Gasteiger partial charge in [0.15, 0.2) is 0 Å². The first-order valence-corrected chi connectivity index (χ1v) is 8.91. The number of anilines is 2. The lowest BCUT2D eigenvalue weighted by Gasteiger charge is -2.17. The molecule has 0 fully saturated rings. The SMILES string of the molecule is O=C(Nc1cnc(-c2ccc(Cl)cc2)[nH]c1=O)N[C@H](Nc1ccc(O)cc1)C(=O)O. The molecule has 0 aliphatic rings. The molecule has 0 bridgehead atoms. The zero-order valence-electron chi connectivity index (χ0n) is 15.2. The Morgan fingerprint density at radius 3 is 2.33 bits per heavy atom. The number of aromatic hydroxyl groups is 1. The lowest BCUT2D eigenvalue weighted by atomic mass is 10.2. The fourth-order valence-corrected chi connectivity index (χ4v) is 2.54. The Morgan fingerprint density at radius 1 is 1.07 bits per heavy atom. The first-order valence-electron chi connectivity index (χ1n) is 8.53. The van der Waals surface area contributed by atoms with Crippen LogP contribution in [0.2, 0.25) is 5.02 Å². The van der Waals surface area contributed by atoms with Crippen LogP contribution in [0, 0.1) is 0 Å². The fourth-order valence-electron chi connectivity index (χ4n) is 2.41. The van der Waals surface area contributed by atoms with E-state index in [1.54, 1.807) is 24.3 Å². The van der Waals surface area contributed by atoms with Crippen LogP contribution in [0.5, 0.6) is 5.75 Å². The molecule has 30 heavy (non-hydrogen) atoms. The minimum atomic E-state index is -1.49. The van der Waals surface area contributed by atoms with Crippen LogP contribution in [0.4, 0.5) is 16.2 Å². The lowest BCUT2D eigenvalue weighted by molar-refractivity contribution is -0.138. The molecule has 1 heterocycles. The maximum Gasteiger partial charge on any atom is 0.347 e. The van der Waals surface area contributed by atoms with Crippen molar-refractivity contribution in [3.05, 3.63) is 70.1 Å². The van der Waals surface area contributed by atoms with Crippen molar-refractivity contribution in [2.45, 2.75) is 6.17 Å². The predicted octanol–water partition coefficient (Wildman–Crippen LogP) is 2.44. The quantitative estimate of drug-likeness (QED) is 0.259. The van der Waals surface area contributed by atoms with Gasteiger partial charge in [0.25, 0.3) is 5.56 Å². The van der Waals surface area contributed by atoms with Crippen LogP contribution in [0.15, 0.2) is 59.5 Å². The van der Waals surface area contributed by atoms with Crippen LogP contribution in [-0.4, -0.2) is 38.3 Å². The molecular formula is C19H16ClN5O5. The van der Waals surface area contributed by atoms with E-state index in [1.165, 1.54) is 24.3 Å². The third-order valence-corrected chi connectivity index (χ3v) is 4.12. The van der Waals surface area contributed by atoms with Gasteiger partial charge in [0.05, 0.1) is 6.20 Å². The van der Waals surface area contributed by atoms with Crippen LogP contribution in [0.25, 0.3) is 11.4 Å². The number of urea groups is 1. The molecule has 3 aromatic rings. The van der Waals surface area contributed by atoms with E-state index < -0.39 is 23.7 Å². The summed E-state index contributed by atoms with van der Waals surface area (Å²) in [4.78, 5) is 42.4. The molecule has 10 nitrogen and oxygen atoms in total. The van der Waals surface area contributed by atoms with Gasteiger partial charge in [0.2, 0.25) is 6.17 Å². The zero-order chi connectivity index (χ0) is 21.7. The molecule has 6 N–H and O–H groups in total. The summed E-state index contributed by atoms with van der Waals surface area (Å²) in [5.74, 6) is -1.07. The topological polar surface area (TPSA) is 156 Å². The third-order valence-electron chi connectivity index (χ3n) is 3.87. The van der Waals surface area contributed by atoms with Gasteiger partial charge in [-0.25, -0.2) is 14.6 Å². The molecule has 11 heteroatoms. The highest BCUT2D eigenvalue weighted by Gasteiger charge is 2.20. The van der Waals surface area contributed by atoms with Crippen molar-refractivity contribution in [2.75, 3.05) is 10.6 Å². The third kappa shape index (κ3) is 5.26. The zero-order valence-corrected chi connectivity index (χ0v) is 16.0. The number of nitrogens with one attached hydrogen (secondary N) is 4. The molecule has 1 aromatic heterocycles. The number of phenols is 1. The van der Waals surface area contributed by atoms with E-state index in [-0.39, 0.29) is 17.3 Å². The molecule has 0 unspecified atom stereocenters. The molecule has 3 rings (SSSR count). The van der Waals surface area contributed by atoms with Crippen molar-refractivity contribution in [1.82, 2.24) is 15.3 Å². The number of carbonyl (C=O) groups excluding carboxylic acids is 1. The number of hydrogen-bond donors (Lipinski definition) is 6. The Labute approximate surface area is 174 Å². The van der Waals surface area contributed by atoms with Gasteiger partial charge < -0.3 is 31.1 Å². The molecular weight excluding hydrogens is 414 g/mol. The van der Waals surface area contributed by atoms with Gasteiger partial charge >= 0.3 is 12.0 Å². The van der Waals surface area contributed by atoms with E-state index in [2.05, 4.69) is 25.9 Å². The summed E-state index contributed by atoms with van der Waals surface area (Å²) >= 11 is 5.83. The number of carboxylic acid groups (broad SMARTS) is 1. The van der Waals surface area contributed by atoms with Crippen molar-refractivity contribution in [3.8, 4) is 17.1 Å². The molecule has 0 aliphatic carbocycles. The highest BCUT2D eigenvalue weighted by Crippen LogP contribution is 2.17. The average molecular weight is 430 g/mol. The number of aromatic nitrogens is 2. The predicted molar refractivity (Wildman–Crippen MR) is 111 cm³/mol. The Bertz CT molecular complexity index is 1120. The van der Waals surface area contributed by atoms with E-state index in [9.17, 15) is 24.6 Å². The summed E-state index contributed by atoms with van der Waals surface area (Å²) in [6, 6.07) is 11.3. The smallest absolute Gasteiger partial charge is 0.347 e. The molecule has 0 saturated heterocycles. The van der Waals surface area contributed by atoms with Gasteiger partial charge in [-0.1, -0.05) is 11.6 Å². The molecule has 0 aliphatic heterocycles. The Balaban J connectivity index is 1.68. The van der Waals surface area contributed by atoms with Crippen molar-refractivity contribution in [2.24, 2.45) is 0 Å². The van der Waals surface area contributed by atoms with Crippen LogP contribution in [0.1, 0.15) is 0 Å². The van der Waals surface area contributed by atoms with E-state index in [1.807, 2.05) is 0 Å². The number of carboxylic acids is 1. The van der Waals surface area contributed by atoms with Crippen molar-refractivity contribution in [1.29, 1.82) is 0 Å². The van der Waals surface area contributed by atoms with Crippen molar-refractivity contribution < 1.29 is 19.8 Å². The first kappa shape index (κ1) is 20.7. The van der Waals surface area contributed by atoms with Gasteiger partial charge in [-0.05, 0) is 48.5 Å². The number of benzene rings is 2. The number of rotatable bonds is 6. The summed E-state index contributed by atoms with van der Waals surface area (Å²) in [6.07, 6.45) is -0.333. The summed E-state index contributed by atoms with van der Waals surface area (Å²) in [6.45, 7) is 0. The number of phenolic OH excluding ortho intramolecular Hbond substituents is 1. The summed E-state index contributed by atoms with van der Waals surface area (Å²) in [7, 11) is 0. The van der Waals surface area contributed by atoms with Gasteiger partial charge in [0, 0.05) is 16.3 Å². The second-order valence-electron chi connectivity index (χ2n) is 6.04. The average Bonchev–Trinajstić information content (AvgIpc) is 2.71. The number of aliphatic carboxylic acids is 1. The van der Waals surface area contributed by atoms with Crippen LogP contribution < -0.4 is 21.5 Å². The van der Waals surface area contributed by atoms with Gasteiger partial charge in [-0.2, -0.15) is 0 Å². The van der Waals surface area contributed by atoms with Crippen LogP contribution in [-0.2, 0) is 4.79 Å². The van der Waals surface area contributed by atoms with Gasteiger partial charge in [-0.3, -0.25) is 4.79 Å². The Morgan fingerprint density at radius 2 is 1.73 bits per heavy atom. The van der Waals surface area contributed by atoms with Gasteiger partial charge in [0.1, 0.15) is 17.3 Å². The normalized spacial score (nSPS) is 11.4. The minimum absolute atomic E-state index is 0.00639. The number of halogens is 1. The Kier molecular flexibility index (Phi) is 6.18. The summed E-state index contributed by atoms with van der Waals surface area (Å²) < 4.78 is 0. The number of amides is 2. The minimum Gasteiger partial charge on any atom is -0.508 e. The molecule has 2 aromatic carbocycles. The second kappa shape index (κ2) is 8.97. The highest BCUT2D eigenvalue weighted by molar-refractivity contribution is 6.30. The van der Waals surface area contributed by atoms with E-state index in [4.69, 9.17) is 11.6 Å². The largest absolute Gasteiger partial charge is 0.508 e. The standard InChI is InChI=1S/C19H16ClN5O5/c20-11-3-1-10(2-4-11)15-21-9-14(17(27)24-15)23-19(30)25-16(18(28)29)22-12-5-7-13(26)8-6-12/h1-9,16,22,26H,(H,28,29)(H,21,24,27)(H2,23,25,30)/t16-/m0/s1. The lowest BCUT2D eigenvalue weighted by Crippen LogP contribution is -2.48. The van der Waals surface area contributed by atoms with Crippen molar-refractivity contribution >= 4 is 35.0 Å². The highest BCUT2D eigenvalue weighted by atomic mass is 35.5. The van der Waals surface area contributed by atoms with Crippen LogP contribution in [0.3, 0.4) is 0 Å². The molecule has 154 valence electrons. The number of H-pyrrole nitrogens is 1. The van der Waals surface area contributed by atoms with E-state index in [0.717, 1.165) is 6.20 Å². The Hall–Kier alpha value is -4.05. The van der Waals surface area contributed by atoms with Crippen LogP contribution >= 0.6 is 11.6 Å². The molecule has 0 radical (unpaired) electrons. The first-order chi connectivity index (χ1) is 14.3. The number of carbonyl (C=O) groups is 2. The summed E-state index contributed by atoms with van der Waals surface area (Å²) in [5.41, 5.74) is 0.186. The summed E-state index contributed by atoms with van der Waals surface area (Å²) in [5, 5.41) is 26.1. The molecule has 0 spiro atoms. The second-order valence-corrected chi connectivity index (χ2v) is 6.48. The molecule has 2 amide bonds.